The highest BCUT2D eigenvalue weighted by molar-refractivity contribution is 7.89. The Morgan fingerprint density at radius 2 is 1.91 bits per heavy atom. The molecule has 0 radical (unpaired) electrons. The third-order valence-corrected chi connectivity index (χ3v) is 9.86. The lowest BCUT2D eigenvalue weighted by molar-refractivity contribution is -0.136. The summed E-state index contributed by atoms with van der Waals surface area (Å²) in [5.74, 6) is -2.46. The number of imide groups is 1. The Balaban J connectivity index is 1.28. The number of carbonyl (C=O) groups is 3. The van der Waals surface area contributed by atoms with Crippen LogP contribution in [0.25, 0.3) is 0 Å². The van der Waals surface area contributed by atoms with Crippen molar-refractivity contribution in [3.05, 3.63) is 97.8 Å². The van der Waals surface area contributed by atoms with E-state index in [4.69, 9.17) is 21.3 Å². The second-order valence-corrected chi connectivity index (χ2v) is 13.1. The van der Waals surface area contributed by atoms with E-state index < -0.39 is 51.5 Å². The number of halogens is 2. The number of nitrogens with zero attached hydrogens (tertiary/aromatic N) is 4. The Labute approximate surface area is 254 Å². The average Bonchev–Trinajstić information content (AvgIpc) is 3.70. The SMILES string of the molecule is COC(=O)C1=C2C[C@H](NS(=O)(=O)CCN3C(=O)c4ccccc4C3=O)CN2C(c2nccs2)=N[C@H]1c1ccc(F)cc1Cl. The summed E-state index contributed by atoms with van der Waals surface area (Å²) in [6.07, 6.45) is 1.69. The van der Waals surface area contributed by atoms with Crippen LogP contribution in [0, 0.1) is 5.82 Å². The summed E-state index contributed by atoms with van der Waals surface area (Å²) < 4.78 is 48.0. The molecule has 6 rings (SSSR count). The molecule has 11 nitrogen and oxygen atoms in total. The smallest absolute Gasteiger partial charge is 0.338 e. The number of fused-ring (bicyclic) bond motifs is 2. The van der Waals surface area contributed by atoms with Crippen molar-refractivity contribution >= 4 is 56.6 Å². The molecule has 43 heavy (non-hydrogen) atoms. The first-order valence-corrected chi connectivity index (χ1v) is 16.0. The number of sulfonamides is 1. The van der Waals surface area contributed by atoms with E-state index in [1.165, 1.54) is 42.7 Å². The molecule has 2 amide bonds. The molecule has 0 bridgehead atoms. The van der Waals surface area contributed by atoms with Gasteiger partial charge in [0.1, 0.15) is 11.9 Å². The quantitative estimate of drug-likeness (QED) is 0.292. The third-order valence-electron chi connectivity index (χ3n) is 7.35. The van der Waals surface area contributed by atoms with Gasteiger partial charge >= 0.3 is 5.97 Å². The molecule has 0 saturated carbocycles. The lowest BCUT2D eigenvalue weighted by Crippen LogP contribution is -2.43. The number of amidine groups is 1. The van der Waals surface area contributed by atoms with E-state index in [0.717, 1.165) is 11.0 Å². The fourth-order valence-electron chi connectivity index (χ4n) is 5.46. The van der Waals surface area contributed by atoms with Crippen molar-refractivity contribution in [3.8, 4) is 0 Å². The van der Waals surface area contributed by atoms with Crippen LogP contribution in [0.2, 0.25) is 5.02 Å². The number of aliphatic imine (C=N–C) groups is 1. The molecule has 3 aromatic rings. The zero-order valence-corrected chi connectivity index (χ0v) is 24.9. The number of ether oxygens (including phenoxy) is 1. The molecule has 2 atom stereocenters. The molecular formula is C28H23ClFN5O6S2. The summed E-state index contributed by atoms with van der Waals surface area (Å²) in [7, 11) is -2.78. The monoisotopic (exact) mass is 643 g/mol. The van der Waals surface area contributed by atoms with Crippen LogP contribution < -0.4 is 4.72 Å². The van der Waals surface area contributed by atoms with Gasteiger partial charge in [0.05, 0.1) is 29.6 Å². The Morgan fingerprint density at radius 3 is 2.53 bits per heavy atom. The number of aromatic nitrogens is 1. The first-order valence-electron chi connectivity index (χ1n) is 13.0. The molecule has 1 fully saturated rings. The molecule has 0 aliphatic carbocycles. The first-order chi connectivity index (χ1) is 20.6. The van der Waals surface area contributed by atoms with Crippen LogP contribution in [0.4, 0.5) is 4.39 Å². The molecule has 222 valence electrons. The Kier molecular flexibility index (Phi) is 7.62. The van der Waals surface area contributed by atoms with Crippen LogP contribution in [-0.2, 0) is 19.6 Å². The van der Waals surface area contributed by atoms with Crippen molar-refractivity contribution in [2.75, 3.05) is 26.0 Å². The van der Waals surface area contributed by atoms with Gasteiger partial charge in [-0.2, -0.15) is 0 Å². The lowest BCUT2D eigenvalue weighted by Gasteiger charge is -2.31. The molecule has 2 aromatic carbocycles. The van der Waals surface area contributed by atoms with Crippen LogP contribution in [0.15, 0.2) is 70.3 Å². The van der Waals surface area contributed by atoms with Crippen LogP contribution in [0.1, 0.15) is 43.7 Å². The fraction of sp³-hybridized carbons (Fsp3) is 0.250. The summed E-state index contributed by atoms with van der Waals surface area (Å²) in [4.78, 5) is 50.3. The van der Waals surface area contributed by atoms with E-state index in [1.807, 2.05) is 0 Å². The van der Waals surface area contributed by atoms with E-state index in [0.29, 0.717) is 22.1 Å². The van der Waals surface area contributed by atoms with Gasteiger partial charge in [0, 0.05) is 53.4 Å². The van der Waals surface area contributed by atoms with Crippen molar-refractivity contribution in [3.63, 3.8) is 0 Å². The fourth-order valence-corrected chi connectivity index (χ4v) is 7.58. The summed E-state index contributed by atoms with van der Waals surface area (Å²) >= 11 is 7.70. The first kappa shape index (κ1) is 29.1. The van der Waals surface area contributed by atoms with E-state index in [1.54, 1.807) is 28.6 Å². The molecular weight excluding hydrogens is 621 g/mol. The predicted molar refractivity (Wildman–Crippen MR) is 156 cm³/mol. The number of benzene rings is 2. The van der Waals surface area contributed by atoms with Crippen LogP contribution in [0.5, 0.6) is 0 Å². The van der Waals surface area contributed by atoms with Gasteiger partial charge in [-0.25, -0.2) is 27.3 Å². The maximum absolute atomic E-state index is 13.9. The number of amides is 2. The van der Waals surface area contributed by atoms with E-state index in [-0.39, 0.29) is 41.2 Å². The Hall–Kier alpha value is -3.98. The van der Waals surface area contributed by atoms with Gasteiger partial charge in [-0.1, -0.05) is 29.8 Å². The summed E-state index contributed by atoms with van der Waals surface area (Å²) in [6, 6.07) is 8.44. The van der Waals surface area contributed by atoms with Gasteiger partial charge in [0.2, 0.25) is 10.0 Å². The number of nitrogens with one attached hydrogen (secondary N) is 1. The molecule has 1 N–H and O–H groups in total. The maximum Gasteiger partial charge on any atom is 0.338 e. The van der Waals surface area contributed by atoms with Gasteiger partial charge in [-0.3, -0.25) is 19.5 Å². The van der Waals surface area contributed by atoms with Gasteiger partial charge in [0.15, 0.2) is 10.8 Å². The van der Waals surface area contributed by atoms with Crippen LogP contribution >= 0.6 is 22.9 Å². The molecule has 0 spiro atoms. The predicted octanol–water partition coefficient (Wildman–Crippen LogP) is 3.15. The molecule has 1 aromatic heterocycles. The number of hydrogen-bond donors (Lipinski definition) is 1. The maximum atomic E-state index is 13.9. The van der Waals surface area contributed by atoms with Gasteiger partial charge < -0.3 is 9.64 Å². The highest BCUT2D eigenvalue weighted by Crippen LogP contribution is 2.42. The zero-order valence-electron chi connectivity index (χ0n) is 22.5. The zero-order chi connectivity index (χ0) is 30.5. The number of rotatable bonds is 8. The Bertz CT molecular complexity index is 1790. The molecule has 0 unspecified atom stereocenters. The number of methoxy groups -OCH3 is 1. The van der Waals surface area contributed by atoms with Crippen LogP contribution in [-0.4, -0.2) is 78.8 Å². The van der Waals surface area contributed by atoms with Crippen molar-refractivity contribution in [2.45, 2.75) is 18.5 Å². The molecule has 15 heteroatoms. The standard InChI is InChI=1S/C28H23ClFN5O6S2/c1-41-28(38)22-21-13-16(33-43(39,40)11-9-34-26(36)17-4-2-3-5-18(17)27(34)37)14-35(21)24(25-31-8-10-42-25)32-23(22)19-7-6-15(30)12-20(19)29/h2-8,10,12,16,23,33H,9,11,13-14H2,1H3/t16-,23-/m0/s1. The lowest BCUT2D eigenvalue weighted by atomic mass is 9.94. The largest absolute Gasteiger partial charge is 0.466 e. The van der Waals surface area contributed by atoms with E-state index in [9.17, 15) is 27.2 Å². The van der Waals surface area contributed by atoms with E-state index in [2.05, 4.69) is 9.71 Å². The minimum absolute atomic E-state index is 0.0612. The number of carbonyl (C=O) groups excluding carboxylic acids is 3. The molecule has 1 saturated heterocycles. The van der Waals surface area contributed by atoms with Gasteiger partial charge in [-0.05, 0) is 24.3 Å². The Morgan fingerprint density at radius 1 is 1.19 bits per heavy atom. The number of thiazole rings is 1. The minimum atomic E-state index is -4.00. The van der Waals surface area contributed by atoms with Crippen molar-refractivity contribution in [2.24, 2.45) is 4.99 Å². The molecule has 4 heterocycles. The highest BCUT2D eigenvalue weighted by Gasteiger charge is 2.43. The van der Waals surface area contributed by atoms with E-state index >= 15 is 0 Å². The second-order valence-electron chi connectivity index (χ2n) is 9.97. The van der Waals surface area contributed by atoms with Crippen molar-refractivity contribution < 1.29 is 31.9 Å². The van der Waals surface area contributed by atoms with Crippen LogP contribution in [0.3, 0.4) is 0 Å². The minimum Gasteiger partial charge on any atom is -0.466 e. The molecule has 3 aliphatic rings. The number of hydrogen-bond acceptors (Lipinski definition) is 10. The van der Waals surface area contributed by atoms with Gasteiger partial charge in [0.25, 0.3) is 11.8 Å². The highest BCUT2D eigenvalue weighted by atomic mass is 35.5. The normalized spacial score (nSPS) is 19.9. The summed E-state index contributed by atoms with van der Waals surface area (Å²) in [6.45, 7) is -0.213. The summed E-state index contributed by atoms with van der Waals surface area (Å²) in [5.41, 5.74) is 1.44. The third kappa shape index (κ3) is 5.35. The van der Waals surface area contributed by atoms with Gasteiger partial charge in [-0.15, -0.1) is 11.3 Å². The number of esters is 1. The van der Waals surface area contributed by atoms with Crippen molar-refractivity contribution in [1.82, 2.24) is 19.5 Å². The average molecular weight is 644 g/mol. The summed E-state index contributed by atoms with van der Waals surface area (Å²) in [5, 5.41) is 2.34. The second kappa shape index (κ2) is 11.3. The molecule has 3 aliphatic heterocycles. The topological polar surface area (TPSA) is 138 Å². The van der Waals surface area contributed by atoms with Crippen molar-refractivity contribution in [1.29, 1.82) is 0 Å².